The Hall–Kier alpha value is -1.42. The van der Waals surface area contributed by atoms with Crippen molar-refractivity contribution in [3.05, 3.63) is 35.6 Å². The number of nitrogens with two attached hydrogens (primary N) is 1. The Balaban J connectivity index is 2.19. The molecule has 15 heavy (non-hydrogen) atoms. The third-order valence-corrected chi connectivity index (χ3v) is 2.43. The first-order valence-electron chi connectivity index (χ1n) is 5.06. The molecule has 0 fully saturated rings. The summed E-state index contributed by atoms with van der Waals surface area (Å²) < 4.78 is 12.7. The molecule has 1 aliphatic heterocycles. The maximum Gasteiger partial charge on any atom is 0.131 e. The molecule has 0 unspecified atom stereocenters. The second kappa shape index (κ2) is 4.40. The van der Waals surface area contributed by atoms with E-state index in [-0.39, 0.29) is 5.82 Å². The molecule has 0 radical (unpaired) electrons. The number of nitrogens with zero attached hydrogens (tertiary/aromatic N) is 2. The summed E-state index contributed by atoms with van der Waals surface area (Å²) in [5.41, 5.74) is 6.48. The average Bonchev–Trinajstić information content (AvgIpc) is 2.68. The molecule has 0 atom stereocenters. The van der Waals surface area contributed by atoms with Crippen molar-refractivity contribution >= 4 is 5.84 Å². The van der Waals surface area contributed by atoms with Gasteiger partial charge < -0.3 is 10.6 Å². The Morgan fingerprint density at radius 2 is 2.07 bits per heavy atom. The minimum Gasteiger partial charge on any atom is -0.353 e. The number of halogens is 1. The molecule has 2 rings (SSSR count). The lowest BCUT2D eigenvalue weighted by Crippen LogP contribution is -2.33. The van der Waals surface area contributed by atoms with Crippen molar-refractivity contribution in [1.29, 1.82) is 0 Å². The lowest BCUT2D eigenvalue weighted by Gasteiger charge is -2.19. The molecule has 1 aliphatic rings. The van der Waals surface area contributed by atoms with Crippen molar-refractivity contribution in [3.63, 3.8) is 0 Å². The number of rotatable bonds is 3. The summed E-state index contributed by atoms with van der Waals surface area (Å²) in [6, 6.07) is 6.42. The molecule has 0 amide bonds. The van der Waals surface area contributed by atoms with E-state index in [2.05, 4.69) is 9.89 Å². The predicted octanol–water partition coefficient (Wildman–Crippen LogP) is 0.847. The standard InChI is InChI=1S/C11H14FN3/c12-10-3-1-9(2-4-10)11-14-6-8-15(11)7-5-13/h1-4H,5-8,13H2. The van der Waals surface area contributed by atoms with Crippen molar-refractivity contribution in [2.24, 2.45) is 10.7 Å². The Kier molecular flexibility index (Phi) is 2.97. The molecule has 0 aliphatic carbocycles. The van der Waals surface area contributed by atoms with Gasteiger partial charge in [0.05, 0.1) is 6.54 Å². The molecule has 80 valence electrons. The van der Waals surface area contributed by atoms with Crippen LogP contribution in [0.25, 0.3) is 0 Å². The Labute approximate surface area is 88.4 Å². The van der Waals surface area contributed by atoms with E-state index in [0.717, 1.165) is 31.0 Å². The van der Waals surface area contributed by atoms with E-state index >= 15 is 0 Å². The van der Waals surface area contributed by atoms with Gasteiger partial charge in [0, 0.05) is 25.2 Å². The van der Waals surface area contributed by atoms with Crippen LogP contribution in [0.1, 0.15) is 5.56 Å². The van der Waals surface area contributed by atoms with Crippen LogP contribution in [0.4, 0.5) is 4.39 Å². The average molecular weight is 207 g/mol. The highest BCUT2D eigenvalue weighted by Gasteiger charge is 2.17. The van der Waals surface area contributed by atoms with Gasteiger partial charge in [-0.3, -0.25) is 4.99 Å². The van der Waals surface area contributed by atoms with Crippen LogP contribution in [-0.4, -0.2) is 36.9 Å². The van der Waals surface area contributed by atoms with Crippen LogP contribution in [-0.2, 0) is 0 Å². The fourth-order valence-corrected chi connectivity index (χ4v) is 1.73. The highest BCUT2D eigenvalue weighted by Crippen LogP contribution is 2.11. The molecule has 0 saturated carbocycles. The number of benzene rings is 1. The molecule has 1 heterocycles. The van der Waals surface area contributed by atoms with Crippen LogP contribution >= 0.6 is 0 Å². The monoisotopic (exact) mass is 207 g/mol. The number of aliphatic imine (C=N–C) groups is 1. The topological polar surface area (TPSA) is 41.6 Å². The van der Waals surface area contributed by atoms with Gasteiger partial charge in [0.1, 0.15) is 11.7 Å². The molecular formula is C11H14FN3. The third kappa shape index (κ3) is 2.15. The van der Waals surface area contributed by atoms with Gasteiger partial charge in [-0.2, -0.15) is 0 Å². The first kappa shape index (κ1) is 10.1. The normalized spacial score (nSPS) is 15.6. The molecule has 3 nitrogen and oxygen atoms in total. The molecule has 0 aromatic heterocycles. The number of hydrogen-bond acceptors (Lipinski definition) is 3. The summed E-state index contributed by atoms with van der Waals surface area (Å²) in [4.78, 5) is 6.53. The minimum absolute atomic E-state index is 0.220. The van der Waals surface area contributed by atoms with Gasteiger partial charge >= 0.3 is 0 Å². The van der Waals surface area contributed by atoms with Crippen LogP contribution in [0, 0.1) is 5.82 Å². The molecular weight excluding hydrogens is 193 g/mol. The van der Waals surface area contributed by atoms with Crippen LogP contribution < -0.4 is 5.73 Å². The van der Waals surface area contributed by atoms with Gasteiger partial charge in [0.2, 0.25) is 0 Å². The smallest absolute Gasteiger partial charge is 0.131 e. The van der Waals surface area contributed by atoms with Crippen molar-refractivity contribution < 1.29 is 4.39 Å². The molecule has 0 bridgehead atoms. The van der Waals surface area contributed by atoms with Crippen molar-refractivity contribution in [2.45, 2.75) is 0 Å². The van der Waals surface area contributed by atoms with Crippen molar-refractivity contribution in [1.82, 2.24) is 4.90 Å². The number of amidine groups is 1. The van der Waals surface area contributed by atoms with Gasteiger partial charge in [0.25, 0.3) is 0 Å². The van der Waals surface area contributed by atoms with Gasteiger partial charge in [-0.15, -0.1) is 0 Å². The maximum atomic E-state index is 12.7. The SMILES string of the molecule is NCCN1CCN=C1c1ccc(F)cc1. The van der Waals surface area contributed by atoms with E-state index in [4.69, 9.17) is 5.73 Å². The fraction of sp³-hybridized carbons (Fsp3) is 0.364. The third-order valence-electron chi connectivity index (χ3n) is 2.43. The number of hydrogen-bond donors (Lipinski definition) is 1. The van der Waals surface area contributed by atoms with E-state index in [1.807, 2.05) is 0 Å². The lowest BCUT2D eigenvalue weighted by molar-refractivity contribution is 0.468. The molecule has 4 heteroatoms. The highest BCUT2D eigenvalue weighted by atomic mass is 19.1. The van der Waals surface area contributed by atoms with Crippen LogP contribution in [0.5, 0.6) is 0 Å². The Morgan fingerprint density at radius 3 is 2.73 bits per heavy atom. The predicted molar refractivity (Wildman–Crippen MR) is 58.4 cm³/mol. The molecule has 1 aromatic rings. The summed E-state index contributed by atoms with van der Waals surface area (Å²) in [6.45, 7) is 3.12. The zero-order valence-electron chi connectivity index (χ0n) is 8.49. The molecule has 1 aromatic carbocycles. The molecule has 0 spiro atoms. The summed E-state index contributed by atoms with van der Waals surface area (Å²) in [7, 11) is 0. The maximum absolute atomic E-state index is 12.7. The van der Waals surface area contributed by atoms with Gasteiger partial charge in [-0.25, -0.2) is 4.39 Å². The van der Waals surface area contributed by atoms with Crippen LogP contribution in [0.15, 0.2) is 29.3 Å². The van der Waals surface area contributed by atoms with Crippen LogP contribution in [0.2, 0.25) is 0 Å². The summed E-state index contributed by atoms with van der Waals surface area (Å²) in [5.74, 6) is 0.711. The zero-order chi connectivity index (χ0) is 10.7. The zero-order valence-corrected chi connectivity index (χ0v) is 8.49. The second-order valence-corrected chi connectivity index (χ2v) is 3.49. The second-order valence-electron chi connectivity index (χ2n) is 3.49. The van der Waals surface area contributed by atoms with Gasteiger partial charge in [-0.1, -0.05) is 0 Å². The van der Waals surface area contributed by atoms with E-state index < -0.39 is 0 Å². The van der Waals surface area contributed by atoms with E-state index in [9.17, 15) is 4.39 Å². The molecule has 0 saturated heterocycles. The first-order valence-corrected chi connectivity index (χ1v) is 5.06. The fourth-order valence-electron chi connectivity index (χ4n) is 1.73. The molecule has 2 N–H and O–H groups in total. The van der Waals surface area contributed by atoms with Crippen molar-refractivity contribution in [2.75, 3.05) is 26.2 Å². The van der Waals surface area contributed by atoms with Crippen molar-refractivity contribution in [3.8, 4) is 0 Å². The highest BCUT2D eigenvalue weighted by molar-refractivity contribution is 5.99. The van der Waals surface area contributed by atoms with E-state index in [0.29, 0.717) is 6.54 Å². The summed E-state index contributed by atoms with van der Waals surface area (Å²) >= 11 is 0. The summed E-state index contributed by atoms with van der Waals surface area (Å²) in [5, 5.41) is 0. The van der Waals surface area contributed by atoms with E-state index in [1.165, 1.54) is 12.1 Å². The first-order chi connectivity index (χ1) is 7.31. The largest absolute Gasteiger partial charge is 0.353 e. The van der Waals surface area contributed by atoms with Crippen LogP contribution in [0.3, 0.4) is 0 Å². The Bertz CT molecular complexity index is 359. The summed E-state index contributed by atoms with van der Waals surface area (Å²) in [6.07, 6.45) is 0. The lowest BCUT2D eigenvalue weighted by atomic mass is 10.2. The van der Waals surface area contributed by atoms with Gasteiger partial charge in [-0.05, 0) is 24.3 Å². The Morgan fingerprint density at radius 1 is 1.33 bits per heavy atom. The van der Waals surface area contributed by atoms with Gasteiger partial charge in [0.15, 0.2) is 0 Å². The van der Waals surface area contributed by atoms with E-state index in [1.54, 1.807) is 12.1 Å². The quantitative estimate of drug-likeness (QED) is 0.798. The minimum atomic E-state index is -0.220.